The van der Waals surface area contributed by atoms with Gasteiger partial charge >= 0.3 is 0 Å². The van der Waals surface area contributed by atoms with Crippen molar-refractivity contribution in [3.8, 4) is 17.2 Å². The fraction of sp³-hybridized carbons (Fsp3) is 0.227. The van der Waals surface area contributed by atoms with Gasteiger partial charge in [0.2, 0.25) is 5.75 Å². The molecule has 1 unspecified atom stereocenters. The summed E-state index contributed by atoms with van der Waals surface area (Å²) in [6, 6.07) is 18.9. The first-order chi connectivity index (χ1) is 13.7. The van der Waals surface area contributed by atoms with E-state index in [0.717, 1.165) is 16.4 Å². The van der Waals surface area contributed by atoms with Crippen LogP contribution >= 0.6 is 24.0 Å². The Kier molecular flexibility index (Phi) is 5.33. The number of hydrogen-bond acceptors (Lipinski definition) is 5. The van der Waals surface area contributed by atoms with Crippen molar-refractivity contribution >= 4 is 45.4 Å². The first-order valence-corrected chi connectivity index (χ1v) is 10.3. The summed E-state index contributed by atoms with van der Waals surface area (Å²) in [4.78, 5) is 3.06. The normalized spacial score (nSPS) is 16.5. The summed E-state index contributed by atoms with van der Waals surface area (Å²) in [6.45, 7) is 0. The Labute approximate surface area is 174 Å². The minimum absolute atomic E-state index is 0.0971. The van der Waals surface area contributed by atoms with Crippen LogP contribution in [0.15, 0.2) is 54.6 Å². The summed E-state index contributed by atoms with van der Waals surface area (Å²) >= 11 is 7.53. The molecule has 0 radical (unpaired) electrons. The molecule has 144 valence electrons. The highest BCUT2D eigenvalue weighted by molar-refractivity contribution is 8.02. The summed E-state index contributed by atoms with van der Waals surface area (Å²) in [6.07, 6.45) is 0. The predicted octanol–water partition coefficient (Wildman–Crippen LogP) is 5.45. The number of nitrogens with zero attached hydrogens (tertiary/aromatic N) is 1. The van der Waals surface area contributed by atoms with Gasteiger partial charge in [-0.3, -0.25) is 0 Å². The molecule has 1 fully saturated rings. The van der Waals surface area contributed by atoms with Crippen molar-refractivity contribution in [2.45, 2.75) is 5.37 Å². The molecular weight excluding hydrogens is 390 g/mol. The van der Waals surface area contributed by atoms with Crippen molar-refractivity contribution in [1.82, 2.24) is 0 Å². The Bertz CT molecular complexity index is 1010. The van der Waals surface area contributed by atoms with Crippen molar-refractivity contribution in [3.63, 3.8) is 0 Å². The van der Waals surface area contributed by atoms with Gasteiger partial charge in [-0.2, -0.15) is 0 Å². The molecule has 4 nitrogen and oxygen atoms in total. The van der Waals surface area contributed by atoms with Crippen LogP contribution in [0.1, 0.15) is 10.9 Å². The zero-order chi connectivity index (χ0) is 19.7. The van der Waals surface area contributed by atoms with Crippen LogP contribution in [0.2, 0.25) is 0 Å². The third kappa shape index (κ3) is 3.27. The Balaban J connectivity index is 1.79. The minimum Gasteiger partial charge on any atom is -0.493 e. The summed E-state index contributed by atoms with van der Waals surface area (Å²) in [7, 11) is 4.85. The fourth-order valence-corrected chi connectivity index (χ4v) is 5.18. The van der Waals surface area contributed by atoms with Crippen LogP contribution in [0, 0.1) is 0 Å². The Hall–Kier alpha value is -2.44. The van der Waals surface area contributed by atoms with E-state index in [1.54, 1.807) is 21.3 Å². The number of methoxy groups -OCH3 is 3. The van der Waals surface area contributed by atoms with Gasteiger partial charge in [0.25, 0.3) is 0 Å². The molecule has 1 saturated heterocycles. The molecule has 3 aromatic rings. The summed E-state index contributed by atoms with van der Waals surface area (Å²) in [5.41, 5.74) is 2.15. The number of thiocarbonyl (C=S) groups is 1. The lowest BCUT2D eigenvalue weighted by Crippen LogP contribution is -2.26. The van der Waals surface area contributed by atoms with Crippen molar-refractivity contribution < 1.29 is 14.2 Å². The van der Waals surface area contributed by atoms with Crippen LogP contribution in [0.25, 0.3) is 10.8 Å². The van der Waals surface area contributed by atoms with E-state index in [9.17, 15) is 0 Å². The highest BCUT2D eigenvalue weighted by Crippen LogP contribution is 2.47. The zero-order valence-electron chi connectivity index (χ0n) is 16.0. The highest BCUT2D eigenvalue weighted by atomic mass is 32.2. The van der Waals surface area contributed by atoms with E-state index in [-0.39, 0.29) is 5.37 Å². The molecule has 0 saturated carbocycles. The third-order valence-electron chi connectivity index (χ3n) is 4.85. The van der Waals surface area contributed by atoms with Gasteiger partial charge in [0.15, 0.2) is 11.5 Å². The van der Waals surface area contributed by atoms with Gasteiger partial charge in [-0.15, -0.1) is 11.8 Å². The summed E-state index contributed by atoms with van der Waals surface area (Å²) in [5.74, 6) is 2.61. The smallest absolute Gasteiger partial charge is 0.203 e. The Morgan fingerprint density at radius 1 is 0.893 bits per heavy atom. The van der Waals surface area contributed by atoms with Gasteiger partial charge < -0.3 is 19.1 Å². The van der Waals surface area contributed by atoms with Crippen LogP contribution < -0.4 is 19.1 Å². The van der Waals surface area contributed by atoms with Crippen LogP contribution in [0.3, 0.4) is 0 Å². The molecule has 4 rings (SSSR count). The lowest BCUT2D eigenvalue weighted by atomic mass is 10.1. The van der Waals surface area contributed by atoms with Crippen LogP contribution in [0.4, 0.5) is 5.69 Å². The number of thioether (sulfide) groups is 1. The molecule has 0 aromatic heterocycles. The van der Waals surface area contributed by atoms with Crippen LogP contribution in [-0.2, 0) is 0 Å². The monoisotopic (exact) mass is 411 g/mol. The quantitative estimate of drug-likeness (QED) is 0.519. The lowest BCUT2D eigenvalue weighted by Gasteiger charge is -2.27. The van der Waals surface area contributed by atoms with E-state index in [2.05, 4.69) is 47.4 Å². The summed E-state index contributed by atoms with van der Waals surface area (Å²) < 4.78 is 16.5. The minimum atomic E-state index is 0.0971. The molecular formula is C22H21NO3S2. The van der Waals surface area contributed by atoms with Crippen LogP contribution in [0.5, 0.6) is 17.2 Å². The highest BCUT2D eigenvalue weighted by Gasteiger charge is 2.33. The van der Waals surface area contributed by atoms with Gasteiger partial charge in [-0.05, 0) is 22.4 Å². The van der Waals surface area contributed by atoms with Crippen molar-refractivity contribution in [2.24, 2.45) is 0 Å². The number of fused-ring (bicyclic) bond motifs is 1. The Morgan fingerprint density at radius 3 is 2.21 bits per heavy atom. The number of ether oxygens (including phenoxy) is 3. The average molecular weight is 412 g/mol. The predicted molar refractivity (Wildman–Crippen MR) is 120 cm³/mol. The zero-order valence-corrected chi connectivity index (χ0v) is 17.6. The second kappa shape index (κ2) is 7.89. The van der Waals surface area contributed by atoms with Gasteiger partial charge in [0.05, 0.1) is 32.0 Å². The standard InChI is InChI=1S/C22H21NO3S2/c1-24-18-11-17(12-19(25-2)21(18)26-3)23-20(27)13-28-22(23)16-9-8-14-6-4-5-7-15(14)10-16/h4-12,22H,13H2,1-3H3. The first kappa shape index (κ1) is 18.9. The van der Waals surface area contributed by atoms with Gasteiger partial charge in [0, 0.05) is 17.9 Å². The maximum Gasteiger partial charge on any atom is 0.203 e. The number of benzene rings is 3. The van der Waals surface area contributed by atoms with Gasteiger partial charge in [0.1, 0.15) is 5.37 Å². The van der Waals surface area contributed by atoms with E-state index in [0.29, 0.717) is 17.2 Å². The van der Waals surface area contributed by atoms with Crippen molar-refractivity contribution in [1.29, 1.82) is 0 Å². The van der Waals surface area contributed by atoms with Crippen LogP contribution in [-0.4, -0.2) is 32.1 Å². The van der Waals surface area contributed by atoms with E-state index >= 15 is 0 Å². The van der Waals surface area contributed by atoms with E-state index < -0.39 is 0 Å². The maximum atomic E-state index is 5.71. The SMILES string of the molecule is COc1cc(N2C(=S)CSC2c2ccc3ccccc3c2)cc(OC)c1OC. The molecule has 3 aromatic carbocycles. The molecule has 0 aliphatic carbocycles. The molecule has 0 bridgehead atoms. The largest absolute Gasteiger partial charge is 0.493 e. The molecule has 6 heteroatoms. The molecule has 1 aliphatic rings. The first-order valence-electron chi connectivity index (χ1n) is 8.88. The third-order valence-corrected chi connectivity index (χ3v) is 6.62. The number of anilines is 1. The second-order valence-corrected chi connectivity index (χ2v) is 7.96. The van der Waals surface area contributed by atoms with Crippen molar-refractivity contribution in [3.05, 3.63) is 60.2 Å². The van der Waals surface area contributed by atoms with E-state index in [1.807, 2.05) is 23.9 Å². The van der Waals surface area contributed by atoms with E-state index in [4.69, 9.17) is 26.4 Å². The maximum absolute atomic E-state index is 5.71. The van der Waals surface area contributed by atoms with Crippen molar-refractivity contribution in [2.75, 3.05) is 32.0 Å². The summed E-state index contributed by atoms with van der Waals surface area (Å²) in [5, 5.41) is 2.55. The number of rotatable bonds is 5. The second-order valence-electron chi connectivity index (χ2n) is 6.42. The number of hydrogen-bond donors (Lipinski definition) is 0. The molecule has 0 spiro atoms. The molecule has 1 aliphatic heterocycles. The lowest BCUT2D eigenvalue weighted by molar-refractivity contribution is 0.324. The molecule has 1 atom stereocenters. The molecule has 0 N–H and O–H groups in total. The molecule has 28 heavy (non-hydrogen) atoms. The average Bonchev–Trinajstić information content (AvgIpc) is 3.13. The molecule has 0 amide bonds. The van der Waals surface area contributed by atoms with Gasteiger partial charge in [-0.1, -0.05) is 48.6 Å². The Morgan fingerprint density at radius 2 is 1.57 bits per heavy atom. The van der Waals surface area contributed by atoms with Gasteiger partial charge in [-0.25, -0.2) is 0 Å². The topological polar surface area (TPSA) is 30.9 Å². The fourth-order valence-electron chi connectivity index (χ4n) is 3.52. The molecule has 1 heterocycles. The van der Waals surface area contributed by atoms with E-state index in [1.165, 1.54) is 16.3 Å².